The number of aryl methyl sites for hydroxylation is 1. The number of hydrogen-bond acceptors (Lipinski definition) is 3. The van der Waals surface area contributed by atoms with Crippen LogP contribution in [0.2, 0.25) is 5.02 Å². The van der Waals surface area contributed by atoms with Crippen LogP contribution < -0.4 is 14.8 Å². The summed E-state index contributed by atoms with van der Waals surface area (Å²) in [6, 6.07) is 22.0. The fourth-order valence-corrected chi connectivity index (χ4v) is 3.37. The average Bonchev–Trinajstić information content (AvgIpc) is 2.78. The topological polar surface area (TPSA) is 30.5 Å². The number of rotatable bonds is 9. The minimum absolute atomic E-state index is 0.371. The summed E-state index contributed by atoms with van der Waals surface area (Å²) in [5, 5.41) is 4.01. The molecule has 0 aliphatic rings. The van der Waals surface area contributed by atoms with Gasteiger partial charge < -0.3 is 14.8 Å². The molecule has 0 bridgehead atoms. The Morgan fingerprint density at radius 1 is 0.900 bits per heavy atom. The molecule has 30 heavy (non-hydrogen) atoms. The van der Waals surface area contributed by atoms with Crippen LogP contribution in [0, 0.1) is 0 Å². The molecule has 0 radical (unpaired) electrons. The van der Waals surface area contributed by atoms with Gasteiger partial charge in [-0.1, -0.05) is 73.2 Å². The van der Waals surface area contributed by atoms with Crippen molar-refractivity contribution in [2.45, 2.75) is 33.4 Å². The van der Waals surface area contributed by atoms with Crippen LogP contribution in [0.5, 0.6) is 11.5 Å². The summed E-state index contributed by atoms with van der Waals surface area (Å²) in [4.78, 5) is 0.674. The lowest BCUT2D eigenvalue weighted by atomic mass is 10.1. The highest BCUT2D eigenvalue weighted by molar-refractivity contribution is 7.80. The fraction of sp³-hybridized carbons (Fsp3) is 0.240. The molecule has 5 heteroatoms. The summed E-state index contributed by atoms with van der Waals surface area (Å²) < 4.78 is 11.8. The van der Waals surface area contributed by atoms with Crippen LogP contribution >= 0.6 is 23.8 Å². The van der Waals surface area contributed by atoms with Gasteiger partial charge in [0.2, 0.25) is 0 Å². The Bertz CT molecular complexity index is 989. The zero-order valence-electron chi connectivity index (χ0n) is 17.3. The van der Waals surface area contributed by atoms with Crippen LogP contribution in [0.4, 0.5) is 0 Å². The molecule has 0 aliphatic carbocycles. The van der Waals surface area contributed by atoms with Crippen LogP contribution in [0.25, 0.3) is 0 Å². The highest BCUT2D eigenvalue weighted by atomic mass is 35.5. The Morgan fingerprint density at radius 3 is 2.33 bits per heavy atom. The van der Waals surface area contributed by atoms with E-state index in [9.17, 15) is 0 Å². The molecule has 0 heterocycles. The van der Waals surface area contributed by atoms with Crippen molar-refractivity contribution in [2.75, 3.05) is 6.61 Å². The van der Waals surface area contributed by atoms with Crippen molar-refractivity contribution in [3.05, 3.63) is 94.0 Å². The largest absolute Gasteiger partial charge is 0.490 e. The van der Waals surface area contributed by atoms with Gasteiger partial charge in [-0.15, -0.1) is 0 Å². The zero-order valence-corrected chi connectivity index (χ0v) is 18.9. The highest BCUT2D eigenvalue weighted by Gasteiger charge is 2.11. The van der Waals surface area contributed by atoms with Crippen LogP contribution in [0.15, 0.2) is 66.7 Å². The van der Waals surface area contributed by atoms with E-state index in [-0.39, 0.29) is 0 Å². The van der Waals surface area contributed by atoms with Gasteiger partial charge in [-0.25, -0.2) is 0 Å². The predicted octanol–water partition coefficient (Wildman–Crippen LogP) is 6.35. The first-order valence-corrected chi connectivity index (χ1v) is 10.9. The minimum Gasteiger partial charge on any atom is -0.490 e. The predicted molar refractivity (Wildman–Crippen MR) is 128 cm³/mol. The van der Waals surface area contributed by atoms with Crippen molar-refractivity contribution in [3.63, 3.8) is 0 Å². The van der Waals surface area contributed by atoms with Crippen LogP contribution in [0.3, 0.4) is 0 Å². The third-order valence-corrected chi connectivity index (χ3v) is 5.48. The van der Waals surface area contributed by atoms with Gasteiger partial charge in [0.1, 0.15) is 11.6 Å². The number of halogens is 1. The summed E-state index contributed by atoms with van der Waals surface area (Å²) in [6.07, 6.45) is 1.04. The first-order chi connectivity index (χ1) is 14.6. The molecule has 3 aromatic carbocycles. The molecule has 0 unspecified atom stereocenters. The highest BCUT2D eigenvalue weighted by Crippen LogP contribution is 2.30. The standard InChI is InChI=1S/C25H26ClNO2S/c1-3-18-9-11-19(12-10-18)16-27-25(30)20-13-14-23(24(15-20)28-4-2)29-17-21-7-5-6-8-22(21)26/h5-15H,3-4,16-17H2,1-2H3,(H,27,30). The van der Waals surface area contributed by atoms with Gasteiger partial charge in [-0.3, -0.25) is 0 Å². The summed E-state index contributed by atoms with van der Waals surface area (Å²) >= 11 is 11.8. The average molecular weight is 440 g/mol. The second-order valence-corrected chi connectivity index (χ2v) is 7.64. The van der Waals surface area contributed by atoms with Gasteiger partial charge in [-0.2, -0.15) is 0 Å². The number of hydrogen-bond donors (Lipinski definition) is 1. The molecule has 0 fully saturated rings. The fourth-order valence-electron chi connectivity index (χ4n) is 2.99. The van der Waals surface area contributed by atoms with E-state index in [0.717, 1.165) is 17.5 Å². The van der Waals surface area contributed by atoms with E-state index in [4.69, 9.17) is 33.3 Å². The smallest absolute Gasteiger partial charge is 0.161 e. The Labute approximate surface area is 189 Å². The van der Waals surface area contributed by atoms with Crippen molar-refractivity contribution in [1.82, 2.24) is 5.32 Å². The van der Waals surface area contributed by atoms with E-state index in [0.29, 0.717) is 41.3 Å². The molecule has 3 rings (SSSR count). The molecule has 1 N–H and O–H groups in total. The van der Waals surface area contributed by atoms with E-state index in [2.05, 4.69) is 36.5 Å². The second-order valence-electron chi connectivity index (χ2n) is 6.83. The maximum Gasteiger partial charge on any atom is 0.161 e. The lowest BCUT2D eigenvalue weighted by Crippen LogP contribution is -2.21. The lowest BCUT2D eigenvalue weighted by Gasteiger charge is -2.15. The maximum absolute atomic E-state index is 6.22. The first-order valence-electron chi connectivity index (χ1n) is 10.1. The van der Waals surface area contributed by atoms with E-state index in [1.165, 1.54) is 11.1 Å². The van der Waals surface area contributed by atoms with Gasteiger partial charge >= 0.3 is 0 Å². The van der Waals surface area contributed by atoms with Crippen molar-refractivity contribution < 1.29 is 9.47 Å². The number of nitrogens with one attached hydrogen (secondary N) is 1. The van der Waals surface area contributed by atoms with E-state index in [1.54, 1.807) is 0 Å². The van der Waals surface area contributed by atoms with Crippen molar-refractivity contribution in [1.29, 1.82) is 0 Å². The van der Waals surface area contributed by atoms with E-state index in [1.807, 2.05) is 49.4 Å². The van der Waals surface area contributed by atoms with Crippen LogP contribution in [0.1, 0.15) is 36.1 Å². The normalized spacial score (nSPS) is 10.5. The quantitative estimate of drug-likeness (QED) is 0.394. The Kier molecular flexibility index (Phi) is 8.12. The van der Waals surface area contributed by atoms with Crippen LogP contribution in [-0.2, 0) is 19.6 Å². The monoisotopic (exact) mass is 439 g/mol. The maximum atomic E-state index is 6.22. The summed E-state index contributed by atoms with van der Waals surface area (Å²) in [5.74, 6) is 1.33. The van der Waals surface area contributed by atoms with E-state index < -0.39 is 0 Å². The molecule has 0 aliphatic heterocycles. The molecular weight excluding hydrogens is 414 g/mol. The summed E-state index contributed by atoms with van der Waals surface area (Å²) in [5.41, 5.74) is 4.34. The van der Waals surface area contributed by atoms with Gasteiger partial charge in [-0.05, 0) is 48.7 Å². The lowest BCUT2D eigenvalue weighted by molar-refractivity contribution is 0.269. The Hall–Kier alpha value is -2.56. The molecule has 0 atom stereocenters. The molecule has 3 nitrogen and oxygen atoms in total. The van der Waals surface area contributed by atoms with Gasteiger partial charge in [0.05, 0.1) is 6.61 Å². The molecule has 0 saturated heterocycles. The first kappa shape index (κ1) is 22.1. The zero-order chi connectivity index (χ0) is 21.3. The van der Waals surface area contributed by atoms with Crippen LogP contribution in [-0.4, -0.2) is 11.6 Å². The number of benzene rings is 3. The Morgan fingerprint density at radius 2 is 1.63 bits per heavy atom. The SMILES string of the molecule is CCOc1cc(C(=S)NCc2ccc(CC)cc2)ccc1OCc1ccccc1Cl. The second kappa shape index (κ2) is 11.0. The van der Waals surface area contributed by atoms with Gasteiger partial charge in [0.25, 0.3) is 0 Å². The summed E-state index contributed by atoms with van der Waals surface area (Å²) in [7, 11) is 0. The molecule has 0 spiro atoms. The van der Waals surface area contributed by atoms with Crippen molar-refractivity contribution in [3.8, 4) is 11.5 Å². The Balaban J connectivity index is 1.66. The molecule has 3 aromatic rings. The molecule has 0 amide bonds. The molecular formula is C25H26ClNO2S. The van der Waals surface area contributed by atoms with Crippen molar-refractivity contribution >= 4 is 28.8 Å². The van der Waals surface area contributed by atoms with Gasteiger partial charge in [0.15, 0.2) is 11.5 Å². The third kappa shape index (κ3) is 5.97. The molecule has 0 saturated carbocycles. The number of ether oxygens (including phenoxy) is 2. The number of thiocarbonyl (C=S) groups is 1. The summed E-state index contributed by atoms with van der Waals surface area (Å²) in [6.45, 7) is 5.68. The third-order valence-electron chi connectivity index (χ3n) is 4.73. The van der Waals surface area contributed by atoms with E-state index >= 15 is 0 Å². The minimum atomic E-state index is 0.371. The van der Waals surface area contributed by atoms with Gasteiger partial charge in [0, 0.05) is 22.7 Å². The molecule has 0 aromatic heterocycles. The molecule has 156 valence electrons. The van der Waals surface area contributed by atoms with Crippen molar-refractivity contribution in [2.24, 2.45) is 0 Å².